The van der Waals surface area contributed by atoms with Crippen molar-refractivity contribution in [3.05, 3.63) is 35.4 Å². The first-order valence-corrected chi connectivity index (χ1v) is 6.15. The molecule has 80 valence electrons. The Morgan fingerprint density at radius 1 is 1.40 bits per heavy atom. The van der Waals surface area contributed by atoms with E-state index in [2.05, 4.69) is 0 Å². The molecule has 1 saturated heterocycles. The number of hydrogen-bond donors (Lipinski definition) is 0. The van der Waals surface area contributed by atoms with Gasteiger partial charge in [0, 0.05) is 11.3 Å². The number of hydrogen-bond acceptors (Lipinski definition) is 2. The summed E-state index contributed by atoms with van der Waals surface area (Å²) in [7, 11) is 0. The van der Waals surface area contributed by atoms with Gasteiger partial charge in [-0.2, -0.15) is 11.8 Å². The zero-order valence-electron chi connectivity index (χ0n) is 8.63. The van der Waals surface area contributed by atoms with Gasteiger partial charge in [0.1, 0.15) is 5.67 Å². The van der Waals surface area contributed by atoms with E-state index in [0.717, 1.165) is 5.75 Å². The van der Waals surface area contributed by atoms with Crippen molar-refractivity contribution in [1.29, 1.82) is 0 Å². The molecule has 1 heterocycles. The molecule has 3 heteroatoms. The van der Waals surface area contributed by atoms with Crippen molar-refractivity contribution in [3.8, 4) is 0 Å². The van der Waals surface area contributed by atoms with E-state index >= 15 is 0 Å². The summed E-state index contributed by atoms with van der Waals surface area (Å²) in [6.45, 7) is 1.52. The molecule has 1 atom stereocenters. The maximum Gasteiger partial charge on any atom is 0.159 e. The number of Topliss-reactive ketones (excluding diaryl/α,β-unsaturated/α-hetero) is 1. The Balaban J connectivity index is 2.26. The molecule has 0 amide bonds. The molecule has 0 aliphatic carbocycles. The number of halogens is 1. The van der Waals surface area contributed by atoms with Crippen LogP contribution in [0.5, 0.6) is 0 Å². The van der Waals surface area contributed by atoms with Gasteiger partial charge in [0.25, 0.3) is 0 Å². The third kappa shape index (κ3) is 2.07. The van der Waals surface area contributed by atoms with Crippen LogP contribution in [0.25, 0.3) is 0 Å². The van der Waals surface area contributed by atoms with Crippen LogP contribution >= 0.6 is 11.8 Å². The first kappa shape index (κ1) is 10.7. The second-order valence-corrected chi connectivity index (χ2v) is 5.01. The predicted molar refractivity (Wildman–Crippen MR) is 61.2 cm³/mol. The van der Waals surface area contributed by atoms with Gasteiger partial charge in [-0.15, -0.1) is 0 Å². The van der Waals surface area contributed by atoms with Crippen molar-refractivity contribution in [1.82, 2.24) is 0 Å². The van der Waals surface area contributed by atoms with E-state index in [0.29, 0.717) is 23.3 Å². The van der Waals surface area contributed by atoms with Crippen molar-refractivity contribution in [2.45, 2.75) is 19.0 Å². The SMILES string of the molecule is CC(=O)c1ccc(C2(F)CCSC2)cc1. The summed E-state index contributed by atoms with van der Waals surface area (Å²) in [5.41, 5.74) is 0.172. The van der Waals surface area contributed by atoms with Gasteiger partial charge < -0.3 is 0 Å². The number of benzene rings is 1. The van der Waals surface area contributed by atoms with E-state index in [1.165, 1.54) is 6.92 Å². The zero-order chi connectivity index (χ0) is 10.9. The highest BCUT2D eigenvalue weighted by Gasteiger charge is 2.35. The Bertz CT molecular complexity index is 366. The van der Waals surface area contributed by atoms with Crippen LogP contribution < -0.4 is 0 Å². The van der Waals surface area contributed by atoms with Crippen LogP contribution in [0.15, 0.2) is 24.3 Å². The molecule has 15 heavy (non-hydrogen) atoms. The Kier molecular flexibility index (Phi) is 2.83. The van der Waals surface area contributed by atoms with Crippen LogP contribution in [0.4, 0.5) is 4.39 Å². The summed E-state index contributed by atoms with van der Waals surface area (Å²) in [4.78, 5) is 11.1. The van der Waals surface area contributed by atoms with E-state index in [9.17, 15) is 9.18 Å². The predicted octanol–water partition coefficient (Wildman–Crippen LogP) is 3.19. The molecular formula is C12H13FOS. The van der Waals surface area contributed by atoms with Gasteiger partial charge in [-0.3, -0.25) is 4.79 Å². The standard InChI is InChI=1S/C12H13FOS/c1-9(14)10-2-4-11(5-3-10)12(13)6-7-15-8-12/h2-5H,6-8H2,1H3. The minimum absolute atomic E-state index is 0.0234. The van der Waals surface area contributed by atoms with Crippen LogP contribution in [-0.2, 0) is 5.67 Å². The maximum atomic E-state index is 14.3. The monoisotopic (exact) mass is 224 g/mol. The maximum absolute atomic E-state index is 14.3. The van der Waals surface area contributed by atoms with Crippen LogP contribution in [-0.4, -0.2) is 17.3 Å². The lowest BCUT2D eigenvalue weighted by Crippen LogP contribution is -2.18. The number of rotatable bonds is 2. The molecule has 1 aromatic carbocycles. The lowest BCUT2D eigenvalue weighted by atomic mass is 9.94. The molecule has 0 radical (unpaired) electrons. The second-order valence-electron chi connectivity index (χ2n) is 3.90. The van der Waals surface area contributed by atoms with E-state index < -0.39 is 5.67 Å². The molecule has 1 aliphatic heterocycles. The van der Waals surface area contributed by atoms with Crippen molar-refractivity contribution < 1.29 is 9.18 Å². The summed E-state index contributed by atoms with van der Waals surface area (Å²) >= 11 is 1.64. The van der Waals surface area contributed by atoms with E-state index in [1.807, 2.05) is 0 Å². The average Bonchev–Trinajstić information content (AvgIpc) is 2.67. The summed E-state index contributed by atoms with van der Waals surface area (Å²) in [5.74, 6) is 1.44. The number of ketones is 1. The Labute approximate surface area is 93.1 Å². The van der Waals surface area contributed by atoms with Crippen molar-refractivity contribution in [3.63, 3.8) is 0 Å². The molecule has 1 aromatic rings. The minimum atomic E-state index is -1.18. The van der Waals surface area contributed by atoms with Crippen LogP contribution in [0.1, 0.15) is 29.3 Å². The molecule has 2 rings (SSSR count). The molecule has 1 nitrogen and oxygen atoms in total. The first-order chi connectivity index (χ1) is 7.12. The molecule has 0 bridgehead atoms. The Morgan fingerprint density at radius 3 is 2.53 bits per heavy atom. The first-order valence-electron chi connectivity index (χ1n) is 5.00. The fourth-order valence-corrected chi connectivity index (χ4v) is 3.02. The Morgan fingerprint density at radius 2 is 2.07 bits per heavy atom. The van der Waals surface area contributed by atoms with E-state index in [-0.39, 0.29) is 5.78 Å². The fraction of sp³-hybridized carbons (Fsp3) is 0.417. The van der Waals surface area contributed by atoms with E-state index in [4.69, 9.17) is 0 Å². The molecule has 0 aromatic heterocycles. The van der Waals surface area contributed by atoms with Gasteiger partial charge in [-0.05, 0) is 24.7 Å². The van der Waals surface area contributed by atoms with Gasteiger partial charge in [0.2, 0.25) is 0 Å². The molecular weight excluding hydrogens is 211 g/mol. The van der Waals surface area contributed by atoms with Gasteiger partial charge in [-0.25, -0.2) is 4.39 Å². The van der Waals surface area contributed by atoms with Gasteiger partial charge in [0.15, 0.2) is 5.78 Å². The normalized spacial score (nSPS) is 25.5. The third-order valence-corrected chi connectivity index (χ3v) is 3.94. The molecule has 0 saturated carbocycles. The highest BCUT2D eigenvalue weighted by molar-refractivity contribution is 7.99. The van der Waals surface area contributed by atoms with Crippen molar-refractivity contribution >= 4 is 17.5 Å². The summed E-state index contributed by atoms with van der Waals surface area (Å²) in [5, 5.41) is 0. The van der Waals surface area contributed by atoms with Gasteiger partial charge in [-0.1, -0.05) is 24.3 Å². The smallest absolute Gasteiger partial charge is 0.159 e. The number of carbonyl (C=O) groups excluding carboxylic acids is 1. The van der Waals surface area contributed by atoms with Crippen LogP contribution in [0.3, 0.4) is 0 Å². The van der Waals surface area contributed by atoms with Crippen LogP contribution in [0.2, 0.25) is 0 Å². The molecule has 0 N–H and O–H groups in total. The number of thioether (sulfide) groups is 1. The fourth-order valence-electron chi connectivity index (χ4n) is 1.77. The highest BCUT2D eigenvalue weighted by atomic mass is 32.2. The Hall–Kier alpha value is -0.830. The van der Waals surface area contributed by atoms with Crippen molar-refractivity contribution in [2.24, 2.45) is 0 Å². The van der Waals surface area contributed by atoms with Crippen molar-refractivity contribution in [2.75, 3.05) is 11.5 Å². The zero-order valence-corrected chi connectivity index (χ0v) is 9.44. The second kappa shape index (κ2) is 3.97. The summed E-state index contributed by atoms with van der Waals surface area (Å²) < 4.78 is 14.3. The number of alkyl halides is 1. The van der Waals surface area contributed by atoms with Crippen LogP contribution in [0, 0.1) is 0 Å². The molecule has 1 aliphatic rings. The molecule has 1 fully saturated rings. The quantitative estimate of drug-likeness (QED) is 0.718. The van der Waals surface area contributed by atoms with E-state index in [1.54, 1.807) is 36.0 Å². The number of carbonyl (C=O) groups is 1. The third-order valence-electron chi connectivity index (χ3n) is 2.78. The summed E-state index contributed by atoms with van der Waals surface area (Å²) in [6, 6.07) is 6.90. The lowest BCUT2D eigenvalue weighted by molar-refractivity contribution is 0.101. The lowest BCUT2D eigenvalue weighted by Gasteiger charge is -2.18. The molecule has 1 unspecified atom stereocenters. The average molecular weight is 224 g/mol. The minimum Gasteiger partial charge on any atom is -0.295 e. The van der Waals surface area contributed by atoms with Gasteiger partial charge >= 0.3 is 0 Å². The summed E-state index contributed by atoms with van der Waals surface area (Å²) in [6.07, 6.45) is 0.580. The molecule has 0 spiro atoms. The largest absolute Gasteiger partial charge is 0.295 e. The highest BCUT2D eigenvalue weighted by Crippen LogP contribution is 2.40. The van der Waals surface area contributed by atoms with Gasteiger partial charge in [0.05, 0.1) is 0 Å². The topological polar surface area (TPSA) is 17.1 Å².